The second-order valence-electron chi connectivity index (χ2n) is 6.85. The van der Waals surface area contributed by atoms with Crippen LogP contribution in [0.25, 0.3) is 0 Å². The molecule has 6 heteroatoms. The minimum Gasteiger partial charge on any atom is -0.444 e. The topological polar surface area (TPSA) is 76.4 Å². The molecule has 1 unspecified atom stereocenters. The average Bonchev–Trinajstić information content (AvgIpc) is 2.49. The third kappa shape index (κ3) is 5.98. The number of nitrogen functional groups attached to an aromatic ring is 1. The minimum atomic E-state index is -0.547. The molecule has 1 amide bonds. The maximum atomic E-state index is 11.9. The van der Waals surface area contributed by atoms with E-state index in [9.17, 15) is 4.79 Å². The van der Waals surface area contributed by atoms with Crippen LogP contribution in [0.4, 0.5) is 21.9 Å². The zero-order valence-corrected chi connectivity index (χ0v) is 16.5. The number of rotatable bonds is 4. The Morgan fingerprint density at radius 1 is 1.16 bits per heavy atom. The van der Waals surface area contributed by atoms with Gasteiger partial charge in [0.2, 0.25) is 0 Å². The number of carbonyl (C=O) groups is 1. The Bertz CT molecular complexity index is 739. The predicted molar refractivity (Wildman–Crippen MR) is 107 cm³/mol. The van der Waals surface area contributed by atoms with Gasteiger partial charge in [0.1, 0.15) is 5.60 Å². The summed E-state index contributed by atoms with van der Waals surface area (Å²) in [5, 5.41) is 6.10. The van der Waals surface area contributed by atoms with Crippen molar-refractivity contribution in [2.45, 2.75) is 39.3 Å². The largest absolute Gasteiger partial charge is 0.444 e. The van der Waals surface area contributed by atoms with Crippen molar-refractivity contribution in [3.63, 3.8) is 0 Å². The molecule has 0 aliphatic carbocycles. The lowest BCUT2D eigenvalue weighted by atomic mass is 10.1. The van der Waals surface area contributed by atoms with Crippen LogP contribution in [0.15, 0.2) is 46.9 Å². The van der Waals surface area contributed by atoms with Gasteiger partial charge in [0.15, 0.2) is 0 Å². The van der Waals surface area contributed by atoms with Gasteiger partial charge >= 0.3 is 6.09 Å². The first-order valence-electron chi connectivity index (χ1n) is 8.05. The summed E-state index contributed by atoms with van der Waals surface area (Å²) >= 11 is 3.43. The lowest BCUT2D eigenvalue weighted by molar-refractivity contribution is 0.0636. The number of hydrogen-bond donors (Lipinski definition) is 3. The van der Waals surface area contributed by atoms with Crippen LogP contribution in [0.1, 0.15) is 39.3 Å². The number of ether oxygens (including phenoxy) is 1. The first kappa shape index (κ1) is 19.1. The Hall–Kier alpha value is -2.21. The third-order valence-electron chi connectivity index (χ3n) is 3.44. The molecule has 134 valence electrons. The molecule has 0 bridgehead atoms. The van der Waals surface area contributed by atoms with E-state index >= 15 is 0 Å². The normalized spacial score (nSPS) is 12.4. The summed E-state index contributed by atoms with van der Waals surface area (Å²) in [6.45, 7) is 7.52. The van der Waals surface area contributed by atoms with Crippen molar-refractivity contribution in [3.05, 3.63) is 52.5 Å². The van der Waals surface area contributed by atoms with Crippen molar-refractivity contribution in [1.29, 1.82) is 0 Å². The van der Waals surface area contributed by atoms with Crippen LogP contribution in [0.3, 0.4) is 0 Å². The molecule has 0 radical (unpaired) electrons. The van der Waals surface area contributed by atoms with Crippen LogP contribution >= 0.6 is 15.9 Å². The van der Waals surface area contributed by atoms with Gasteiger partial charge in [-0.2, -0.15) is 0 Å². The van der Waals surface area contributed by atoms with Crippen LogP contribution in [-0.2, 0) is 4.74 Å². The van der Waals surface area contributed by atoms with Gasteiger partial charge in [-0.1, -0.05) is 28.1 Å². The zero-order valence-electron chi connectivity index (χ0n) is 14.9. The second-order valence-corrected chi connectivity index (χ2v) is 7.76. The summed E-state index contributed by atoms with van der Waals surface area (Å²) in [5.41, 5.74) is 8.63. The summed E-state index contributed by atoms with van der Waals surface area (Å²) in [4.78, 5) is 11.9. The number of nitrogens with two attached hydrogens (primary N) is 1. The highest BCUT2D eigenvalue weighted by Gasteiger charge is 2.16. The Labute approximate surface area is 157 Å². The van der Waals surface area contributed by atoms with Crippen molar-refractivity contribution in [3.8, 4) is 0 Å². The molecule has 1 atom stereocenters. The van der Waals surface area contributed by atoms with Gasteiger partial charge in [0.05, 0.1) is 11.4 Å². The summed E-state index contributed by atoms with van der Waals surface area (Å²) in [6.07, 6.45) is -0.496. The highest BCUT2D eigenvalue weighted by molar-refractivity contribution is 9.10. The van der Waals surface area contributed by atoms with Crippen LogP contribution in [-0.4, -0.2) is 11.7 Å². The first-order chi connectivity index (χ1) is 11.6. The average molecular weight is 406 g/mol. The van der Waals surface area contributed by atoms with Crippen molar-refractivity contribution >= 4 is 39.1 Å². The number of carbonyl (C=O) groups excluding carboxylic acids is 1. The van der Waals surface area contributed by atoms with E-state index in [1.165, 1.54) is 0 Å². The van der Waals surface area contributed by atoms with Crippen molar-refractivity contribution in [2.24, 2.45) is 0 Å². The molecule has 25 heavy (non-hydrogen) atoms. The third-order valence-corrected chi connectivity index (χ3v) is 3.97. The SMILES string of the molecule is CC(Nc1cc(NC(=O)OC(C)(C)C)ccc1N)c1ccc(Br)cc1. The molecule has 0 fully saturated rings. The molecule has 0 aliphatic heterocycles. The number of halogens is 1. The number of anilines is 3. The molecule has 0 spiro atoms. The molecule has 0 aliphatic rings. The fraction of sp³-hybridized carbons (Fsp3) is 0.316. The molecule has 2 aromatic rings. The Morgan fingerprint density at radius 3 is 2.40 bits per heavy atom. The molecular weight excluding hydrogens is 382 g/mol. The van der Waals surface area contributed by atoms with E-state index in [-0.39, 0.29) is 6.04 Å². The van der Waals surface area contributed by atoms with E-state index in [4.69, 9.17) is 10.5 Å². The van der Waals surface area contributed by atoms with Gasteiger partial charge in [-0.25, -0.2) is 4.79 Å². The predicted octanol–water partition coefficient (Wildman–Crippen LogP) is 5.55. The van der Waals surface area contributed by atoms with E-state index in [0.717, 1.165) is 15.7 Å². The summed E-state index contributed by atoms with van der Waals surface area (Å²) < 4.78 is 6.30. The van der Waals surface area contributed by atoms with Gasteiger partial charge in [-0.15, -0.1) is 0 Å². The molecule has 0 saturated heterocycles. The summed E-state index contributed by atoms with van der Waals surface area (Å²) in [7, 11) is 0. The summed E-state index contributed by atoms with van der Waals surface area (Å²) in [5.74, 6) is 0. The molecule has 2 aromatic carbocycles. The van der Waals surface area contributed by atoms with Crippen LogP contribution in [0.2, 0.25) is 0 Å². The fourth-order valence-electron chi connectivity index (χ4n) is 2.25. The molecular formula is C19H24BrN3O2. The summed E-state index contributed by atoms with van der Waals surface area (Å²) in [6, 6.07) is 13.4. The molecule has 0 saturated carbocycles. The van der Waals surface area contributed by atoms with Crippen LogP contribution in [0.5, 0.6) is 0 Å². The number of amides is 1. The van der Waals surface area contributed by atoms with E-state index in [1.807, 2.05) is 45.0 Å². The fourth-order valence-corrected chi connectivity index (χ4v) is 2.51. The lowest BCUT2D eigenvalue weighted by Crippen LogP contribution is -2.27. The second kappa shape index (κ2) is 7.78. The first-order valence-corrected chi connectivity index (χ1v) is 8.85. The van der Waals surface area contributed by atoms with E-state index in [0.29, 0.717) is 11.4 Å². The van der Waals surface area contributed by atoms with Crippen molar-refractivity contribution in [2.75, 3.05) is 16.4 Å². The van der Waals surface area contributed by atoms with E-state index < -0.39 is 11.7 Å². The van der Waals surface area contributed by atoms with E-state index in [1.54, 1.807) is 18.2 Å². The number of hydrogen-bond acceptors (Lipinski definition) is 4. The Balaban J connectivity index is 2.10. The highest BCUT2D eigenvalue weighted by atomic mass is 79.9. The van der Waals surface area contributed by atoms with Gasteiger partial charge in [0.25, 0.3) is 0 Å². The maximum Gasteiger partial charge on any atom is 0.412 e. The molecule has 0 heterocycles. The number of benzene rings is 2. The Morgan fingerprint density at radius 2 is 1.80 bits per heavy atom. The Kier molecular flexibility index (Phi) is 5.95. The monoisotopic (exact) mass is 405 g/mol. The quantitative estimate of drug-likeness (QED) is 0.582. The molecule has 4 N–H and O–H groups in total. The molecule has 5 nitrogen and oxygen atoms in total. The van der Waals surface area contributed by atoms with Gasteiger partial charge in [0, 0.05) is 16.2 Å². The number of nitrogens with one attached hydrogen (secondary N) is 2. The van der Waals surface area contributed by atoms with Gasteiger partial charge in [-0.05, 0) is 63.6 Å². The standard InChI is InChI=1S/C19H24BrN3O2/c1-12(13-5-7-14(20)8-6-13)22-17-11-15(9-10-16(17)21)23-18(24)25-19(2,3)4/h5-12,22H,21H2,1-4H3,(H,23,24). The van der Waals surface area contributed by atoms with Crippen molar-refractivity contribution in [1.82, 2.24) is 0 Å². The zero-order chi connectivity index (χ0) is 18.6. The van der Waals surface area contributed by atoms with Crippen molar-refractivity contribution < 1.29 is 9.53 Å². The van der Waals surface area contributed by atoms with Gasteiger partial charge in [-0.3, -0.25) is 5.32 Å². The highest BCUT2D eigenvalue weighted by Crippen LogP contribution is 2.28. The van der Waals surface area contributed by atoms with E-state index in [2.05, 4.69) is 33.5 Å². The lowest BCUT2D eigenvalue weighted by Gasteiger charge is -2.21. The van der Waals surface area contributed by atoms with Gasteiger partial charge < -0.3 is 15.8 Å². The molecule has 0 aromatic heterocycles. The minimum absolute atomic E-state index is 0.0622. The van der Waals surface area contributed by atoms with Crippen LogP contribution in [0, 0.1) is 0 Å². The maximum absolute atomic E-state index is 11.9. The molecule has 2 rings (SSSR count). The van der Waals surface area contributed by atoms with Crippen LogP contribution < -0.4 is 16.4 Å². The smallest absolute Gasteiger partial charge is 0.412 e.